The lowest BCUT2D eigenvalue weighted by atomic mass is 10.3. The van der Waals surface area contributed by atoms with Crippen molar-refractivity contribution in [3.63, 3.8) is 0 Å². The summed E-state index contributed by atoms with van der Waals surface area (Å²) in [4.78, 5) is 0. The number of benzene rings is 2. The van der Waals surface area contributed by atoms with E-state index in [1.807, 2.05) is 55.6 Å². The van der Waals surface area contributed by atoms with Gasteiger partial charge in [-0.15, -0.1) is 0 Å². The lowest BCUT2D eigenvalue weighted by Gasteiger charge is -1.99. The fourth-order valence-corrected chi connectivity index (χ4v) is 1.36. The van der Waals surface area contributed by atoms with Gasteiger partial charge in [0.05, 0.1) is 0 Å². The van der Waals surface area contributed by atoms with Gasteiger partial charge in [-0.3, -0.25) is 0 Å². The molecule has 0 aromatic heterocycles. The molecule has 0 bridgehead atoms. The van der Waals surface area contributed by atoms with Gasteiger partial charge in [-0.05, 0) is 31.2 Å². The van der Waals surface area contributed by atoms with Gasteiger partial charge < -0.3 is 10.6 Å². The molecule has 2 nitrogen and oxygen atoms in total. The fourth-order valence-electron chi connectivity index (χ4n) is 1.36. The van der Waals surface area contributed by atoms with Crippen molar-refractivity contribution >= 4 is 11.4 Å². The van der Waals surface area contributed by atoms with Gasteiger partial charge in [0, 0.05) is 25.0 Å². The third kappa shape index (κ3) is 5.61. The van der Waals surface area contributed by atoms with E-state index in [4.69, 9.17) is 0 Å². The van der Waals surface area contributed by atoms with Crippen LogP contribution in [0.5, 0.6) is 0 Å². The highest BCUT2D eigenvalue weighted by Gasteiger charge is 1.81. The van der Waals surface area contributed by atoms with Crippen LogP contribution in [-0.4, -0.2) is 13.6 Å². The van der Waals surface area contributed by atoms with Crippen LogP contribution in [0.25, 0.3) is 0 Å². The summed E-state index contributed by atoms with van der Waals surface area (Å²) in [7, 11) is 1.91. The molecule has 0 aliphatic carbocycles. The maximum Gasteiger partial charge on any atom is 0.0340 e. The van der Waals surface area contributed by atoms with E-state index < -0.39 is 0 Å². The standard InChI is InChI=1S/C8H11N.C7H9N/c1-2-9-8-6-4-3-5-7-8;1-8-7-5-3-2-4-6-7/h3-7,9H,2H2,1H3;2-6,8H,1H3. The van der Waals surface area contributed by atoms with E-state index in [-0.39, 0.29) is 0 Å². The van der Waals surface area contributed by atoms with Crippen molar-refractivity contribution in [1.29, 1.82) is 0 Å². The maximum absolute atomic E-state index is 3.21. The molecule has 0 aliphatic rings. The van der Waals surface area contributed by atoms with Crippen LogP contribution in [-0.2, 0) is 0 Å². The van der Waals surface area contributed by atoms with Gasteiger partial charge in [0.2, 0.25) is 0 Å². The van der Waals surface area contributed by atoms with E-state index in [0.717, 1.165) is 12.2 Å². The Morgan fingerprint density at radius 2 is 1.24 bits per heavy atom. The highest BCUT2D eigenvalue weighted by atomic mass is 14.8. The van der Waals surface area contributed by atoms with E-state index in [1.54, 1.807) is 0 Å². The molecule has 0 spiro atoms. The quantitative estimate of drug-likeness (QED) is 0.834. The average molecular weight is 228 g/mol. The van der Waals surface area contributed by atoms with Gasteiger partial charge >= 0.3 is 0 Å². The second-order valence-electron chi connectivity index (χ2n) is 3.51. The molecular weight excluding hydrogens is 208 g/mol. The maximum atomic E-state index is 3.21. The first-order valence-corrected chi connectivity index (χ1v) is 5.88. The highest BCUT2D eigenvalue weighted by Crippen LogP contribution is 2.03. The summed E-state index contributed by atoms with van der Waals surface area (Å²) in [6, 6.07) is 20.3. The lowest BCUT2D eigenvalue weighted by Crippen LogP contribution is -1.94. The number of rotatable bonds is 3. The molecule has 0 saturated heterocycles. The van der Waals surface area contributed by atoms with E-state index in [0.29, 0.717) is 0 Å². The van der Waals surface area contributed by atoms with Crippen molar-refractivity contribution in [2.45, 2.75) is 6.92 Å². The van der Waals surface area contributed by atoms with E-state index in [2.05, 4.69) is 29.7 Å². The molecule has 2 heteroatoms. The molecule has 0 amide bonds. The second-order valence-corrected chi connectivity index (χ2v) is 3.51. The normalized spacial score (nSPS) is 8.82. The Kier molecular flexibility index (Phi) is 6.34. The monoisotopic (exact) mass is 228 g/mol. The summed E-state index contributed by atoms with van der Waals surface area (Å²) in [5.41, 5.74) is 2.35. The molecule has 0 fully saturated rings. The van der Waals surface area contributed by atoms with Crippen LogP contribution in [0.15, 0.2) is 60.7 Å². The SMILES string of the molecule is CCNc1ccccc1.CNc1ccccc1. The summed E-state index contributed by atoms with van der Waals surface area (Å²) in [5, 5.41) is 6.23. The number of hydrogen-bond acceptors (Lipinski definition) is 2. The molecule has 0 unspecified atom stereocenters. The Morgan fingerprint density at radius 3 is 1.59 bits per heavy atom. The van der Waals surface area contributed by atoms with Gasteiger partial charge in [0.25, 0.3) is 0 Å². The van der Waals surface area contributed by atoms with Gasteiger partial charge in [-0.2, -0.15) is 0 Å². The third-order valence-corrected chi connectivity index (χ3v) is 2.22. The van der Waals surface area contributed by atoms with Gasteiger partial charge in [0.1, 0.15) is 0 Å². The summed E-state index contributed by atoms with van der Waals surface area (Å²) in [6.07, 6.45) is 0. The number of anilines is 2. The van der Waals surface area contributed by atoms with Crippen LogP contribution >= 0.6 is 0 Å². The Morgan fingerprint density at radius 1 is 0.765 bits per heavy atom. The van der Waals surface area contributed by atoms with Crippen molar-refractivity contribution in [3.05, 3.63) is 60.7 Å². The minimum atomic E-state index is 0.990. The minimum Gasteiger partial charge on any atom is -0.388 e. The number of para-hydroxylation sites is 2. The van der Waals surface area contributed by atoms with E-state index in [9.17, 15) is 0 Å². The van der Waals surface area contributed by atoms with Crippen LogP contribution in [0.1, 0.15) is 6.92 Å². The first kappa shape index (κ1) is 13.1. The fraction of sp³-hybridized carbons (Fsp3) is 0.200. The van der Waals surface area contributed by atoms with Gasteiger partial charge in [-0.25, -0.2) is 0 Å². The topological polar surface area (TPSA) is 24.1 Å². The van der Waals surface area contributed by atoms with Crippen LogP contribution in [0.2, 0.25) is 0 Å². The molecule has 0 aliphatic heterocycles. The minimum absolute atomic E-state index is 0.990. The average Bonchev–Trinajstić information content (AvgIpc) is 2.42. The number of nitrogens with one attached hydrogen (secondary N) is 2. The highest BCUT2D eigenvalue weighted by molar-refractivity contribution is 5.42. The smallest absolute Gasteiger partial charge is 0.0340 e. The Labute approximate surface area is 104 Å². The zero-order valence-electron chi connectivity index (χ0n) is 10.5. The molecular formula is C15H20N2. The molecule has 0 atom stereocenters. The van der Waals surface area contributed by atoms with Gasteiger partial charge in [0.15, 0.2) is 0 Å². The van der Waals surface area contributed by atoms with Crippen molar-refractivity contribution in [2.24, 2.45) is 0 Å². The first-order valence-electron chi connectivity index (χ1n) is 5.88. The zero-order chi connectivity index (χ0) is 12.3. The van der Waals surface area contributed by atoms with Crippen LogP contribution in [0.3, 0.4) is 0 Å². The molecule has 2 aromatic carbocycles. The molecule has 2 rings (SSSR count). The summed E-state index contributed by atoms with van der Waals surface area (Å²) < 4.78 is 0. The van der Waals surface area contributed by atoms with Crippen molar-refractivity contribution < 1.29 is 0 Å². The lowest BCUT2D eigenvalue weighted by molar-refractivity contribution is 1.21. The van der Waals surface area contributed by atoms with Crippen LogP contribution in [0.4, 0.5) is 11.4 Å². The predicted octanol–water partition coefficient (Wildman–Crippen LogP) is 3.85. The van der Waals surface area contributed by atoms with Gasteiger partial charge in [-0.1, -0.05) is 36.4 Å². The molecule has 0 saturated carbocycles. The second kappa shape index (κ2) is 8.22. The predicted molar refractivity (Wildman–Crippen MR) is 76.6 cm³/mol. The zero-order valence-corrected chi connectivity index (χ0v) is 10.5. The summed E-state index contributed by atoms with van der Waals surface area (Å²) in [5.74, 6) is 0. The summed E-state index contributed by atoms with van der Waals surface area (Å²) in [6.45, 7) is 3.08. The molecule has 0 radical (unpaired) electrons. The van der Waals surface area contributed by atoms with Crippen LogP contribution in [0, 0.1) is 0 Å². The Bertz CT molecular complexity index is 384. The largest absolute Gasteiger partial charge is 0.388 e. The Hall–Kier alpha value is -1.96. The molecule has 90 valence electrons. The Balaban J connectivity index is 0.000000171. The van der Waals surface area contributed by atoms with Crippen molar-refractivity contribution in [3.8, 4) is 0 Å². The molecule has 2 N–H and O–H groups in total. The van der Waals surface area contributed by atoms with E-state index >= 15 is 0 Å². The first-order chi connectivity index (χ1) is 8.36. The third-order valence-electron chi connectivity index (χ3n) is 2.22. The molecule has 2 aromatic rings. The van der Waals surface area contributed by atoms with Crippen LogP contribution < -0.4 is 10.6 Å². The molecule has 0 heterocycles. The van der Waals surface area contributed by atoms with Crippen molar-refractivity contribution in [1.82, 2.24) is 0 Å². The molecule has 17 heavy (non-hydrogen) atoms. The van der Waals surface area contributed by atoms with Crippen molar-refractivity contribution in [2.75, 3.05) is 24.2 Å². The summed E-state index contributed by atoms with van der Waals surface area (Å²) >= 11 is 0. The number of hydrogen-bond donors (Lipinski definition) is 2. The van der Waals surface area contributed by atoms with E-state index in [1.165, 1.54) is 5.69 Å².